The number of nitrogens with zero attached hydrogens (tertiary/aromatic N) is 5. The van der Waals surface area contributed by atoms with Crippen LogP contribution in [-0.4, -0.2) is 43.4 Å². The van der Waals surface area contributed by atoms with Crippen molar-refractivity contribution in [3.05, 3.63) is 72.0 Å². The molecule has 0 bridgehead atoms. The Balaban J connectivity index is 1.47. The zero-order chi connectivity index (χ0) is 20.2. The van der Waals surface area contributed by atoms with Crippen molar-refractivity contribution in [2.45, 2.75) is 38.5 Å². The normalized spacial score (nSPS) is 16.8. The zero-order valence-corrected chi connectivity index (χ0v) is 16.5. The monoisotopic (exact) mass is 393 g/mol. The van der Waals surface area contributed by atoms with Crippen LogP contribution in [0, 0.1) is 5.82 Å². The number of piperidine rings is 1. The Labute approximate surface area is 169 Å². The van der Waals surface area contributed by atoms with Gasteiger partial charge in [-0.25, -0.2) is 14.4 Å². The summed E-state index contributed by atoms with van der Waals surface area (Å²) in [6.07, 6.45) is 10.2. The van der Waals surface area contributed by atoms with E-state index in [1.54, 1.807) is 30.7 Å². The molecule has 1 amide bonds. The molecule has 29 heavy (non-hydrogen) atoms. The number of carbonyl (C=O) groups excluding carboxylic acids is 1. The third-order valence-electron chi connectivity index (χ3n) is 5.38. The highest BCUT2D eigenvalue weighted by Crippen LogP contribution is 2.26. The lowest BCUT2D eigenvalue weighted by Gasteiger charge is -2.32. The summed E-state index contributed by atoms with van der Waals surface area (Å²) >= 11 is 0. The molecule has 4 rings (SSSR count). The Morgan fingerprint density at radius 3 is 2.86 bits per heavy atom. The van der Waals surface area contributed by atoms with E-state index < -0.39 is 0 Å². The van der Waals surface area contributed by atoms with Crippen molar-refractivity contribution in [3.8, 4) is 5.82 Å². The average molecular weight is 393 g/mol. The summed E-state index contributed by atoms with van der Waals surface area (Å²) < 4.78 is 15.0. The summed E-state index contributed by atoms with van der Waals surface area (Å²) in [4.78, 5) is 28.2. The molecular formula is C22H24FN5O. The molecule has 1 aliphatic rings. The summed E-state index contributed by atoms with van der Waals surface area (Å²) in [5.74, 6) is 1.62. The largest absolute Gasteiger partial charge is 0.342 e. The van der Waals surface area contributed by atoms with Gasteiger partial charge in [0.25, 0.3) is 0 Å². The van der Waals surface area contributed by atoms with Gasteiger partial charge in [0, 0.05) is 44.0 Å². The maximum atomic E-state index is 13.1. The lowest BCUT2D eigenvalue weighted by molar-refractivity contribution is -0.131. The van der Waals surface area contributed by atoms with Gasteiger partial charge in [-0.05, 0) is 30.5 Å². The lowest BCUT2D eigenvalue weighted by atomic mass is 9.94. The average Bonchev–Trinajstić information content (AvgIpc) is 3.24. The van der Waals surface area contributed by atoms with E-state index in [1.165, 1.54) is 12.1 Å². The van der Waals surface area contributed by atoms with Crippen molar-refractivity contribution in [3.63, 3.8) is 0 Å². The number of aryl methyl sites for hydroxylation is 1. The molecule has 0 spiro atoms. The molecule has 6 nitrogen and oxygen atoms in total. The molecule has 1 saturated heterocycles. The number of rotatable bonds is 5. The van der Waals surface area contributed by atoms with Crippen LogP contribution in [-0.2, 0) is 17.6 Å². The number of amides is 1. The van der Waals surface area contributed by atoms with E-state index in [-0.39, 0.29) is 24.1 Å². The Kier molecular flexibility index (Phi) is 5.64. The first kappa shape index (κ1) is 19.2. The van der Waals surface area contributed by atoms with Gasteiger partial charge in [0.05, 0.1) is 18.3 Å². The van der Waals surface area contributed by atoms with Crippen molar-refractivity contribution in [2.24, 2.45) is 0 Å². The molecule has 0 radical (unpaired) electrons. The van der Waals surface area contributed by atoms with E-state index in [1.807, 2.05) is 15.7 Å². The first-order valence-electron chi connectivity index (χ1n) is 10.0. The van der Waals surface area contributed by atoms with Gasteiger partial charge in [0.15, 0.2) is 5.82 Å². The SMILES string of the molecule is CCc1nccn1-c1cncc([C@H]2CCCN(C(=O)Cc3ccc(F)cc3)C2)n1. The van der Waals surface area contributed by atoms with Crippen LogP contribution < -0.4 is 0 Å². The van der Waals surface area contributed by atoms with E-state index in [0.29, 0.717) is 6.54 Å². The molecule has 3 aromatic rings. The Hall–Kier alpha value is -3.09. The summed E-state index contributed by atoms with van der Waals surface area (Å²) in [7, 11) is 0. The fourth-order valence-electron chi connectivity index (χ4n) is 3.82. The van der Waals surface area contributed by atoms with Gasteiger partial charge < -0.3 is 4.90 Å². The molecule has 3 heterocycles. The van der Waals surface area contributed by atoms with Gasteiger partial charge in [-0.1, -0.05) is 19.1 Å². The van der Waals surface area contributed by atoms with Crippen LogP contribution in [0.3, 0.4) is 0 Å². The van der Waals surface area contributed by atoms with Crippen LogP contribution in [0.25, 0.3) is 5.82 Å². The van der Waals surface area contributed by atoms with Crippen LogP contribution in [0.5, 0.6) is 0 Å². The number of hydrogen-bond donors (Lipinski definition) is 0. The maximum Gasteiger partial charge on any atom is 0.227 e. The highest BCUT2D eigenvalue weighted by atomic mass is 19.1. The summed E-state index contributed by atoms with van der Waals surface area (Å²) in [6.45, 7) is 3.43. The molecule has 0 saturated carbocycles. The van der Waals surface area contributed by atoms with Gasteiger partial charge >= 0.3 is 0 Å². The first-order chi connectivity index (χ1) is 14.1. The number of aromatic nitrogens is 4. The van der Waals surface area contributed by atoms with E-state index in [9.17, 15) is 9.18 Å². The minimum Gasteiger partial charge on any atom is -0.342 e. The third-order valence-corrected chi connectivity index (χ3v) is 5.38. The van der Waals surface area contributed by atoms with Crippen molar-refractivity contribution >= 4 is 5.91 Å². The fourth-order valence-corrected chi connectivity index (χ4v) is 3.82. The standard InChI is InChI=1S/C22H24FN5O/c1-2-20-25-9-11-28(20)21-14-24-13-19(26-21)17-4-3-10-27(15-17)22(29)12-16-5-7-18(23)8-6-16/h5-9,11,13-14,17H,2-4,10,12,15H2,1H3/t17-/m0/s1. The predicted molar refractivity (Wildman–Crippen MR) is 107 cm³/mol. The Bertz CT molecular complexity index is 985. The number of benzene rings is 1. The second-order valence-electron chi connectivity index (χ2n) is 7.35. The quantitative estimate of drug-likeness (QED) is 0.667. The zero-order valence-electron chi connectivity index (χ0n) is 16.5. The number of hydrogen-bond acceptors (Lipinski definition) is 4. The molecule has 0 aliphatic carbocycles. The van der Waals surface area contributed by atoms with Crippen molar-refractivity contribution < 1.29 is 9.18 Å². The first-order valence-corrected chi connectivity index (χ1v) is 10.0. The van der Waals surface area contributed by atoms with Crippen LogP contribution >= 0.6 is 0 Å². The summed E-state index contributed by atoms with van der Waals surface area (Å²) in [6, 6.07) is 6.12. The molecule has 1 aromatic carbocycles. The number of imidazole rings is 1. The molecule has 1 atom stereocenters. The Morgan fingerprint density at radius 2 is 2.07 bits per heavy atom. The molecule has 2 aromatic heterocycles. The van der Waals surface area contributed by atoms with Gasteiger partial charge in [-0.15, -0.1) is 0 Å². The third kappa shape index (κ3) is 4.34. The molecule has 0 N–H and O–H groups in total. The van der Waals surface area contributed by atoms with Crippen LogP contribution in [0.2, 0.25) is 0 Å². The lowest BCUT2D eigenvalue weighted by Crippen LogP contribution is -2.40. The topological polar surface area (TPSA) is 63.9 Å². The van der Waals surface area contributed by atoms with E-state index in [2.05, 4.69) is 16.9 Å². The van der Waals surface area contributed by atoms with Crippen molar-refractivity contribution in [1.82, 2.24) is 24.4 Å². The summed E-state index contributed by atoms with van der Waals surface area (Å²) in [5, 5.41) is 0. The molecule has 7 heteroatoms. The molecule has 1 aliphatic heterocycles. The fraction of sp³-hybridized carbons (Fsp3) is 0.364. The second-order valence-corrected chi connectivity index (χ2v) is 7.35. The summed E-state index contributed by atoms with van der Waals surface area (Å²) in [5.41, 5.74) is 1.73. The highest BCUT2D eigenvalue weighted by molar-refractivity contribution is 5.79. The maximum absolute atomic E-state index is 13.1. The van der Waals surface area contributed by atoms with Crippen molar-refractivity contribution in [1.29, 1.82) is 0 Å². The van der Waals surface area contributed by atoms with Crippen LogP contribution in [0.1, 0.15) is 42.8 Å². The molecular weight excluding hydrogens is 369 g/mol. The van der Waals surface area contributed by atoms with Gasteiger partial charge in [-0.2, -0.15) is 0 Å². The van der Waals surface area contributed by atoms with Crippen LogP contribution in [0.15, 0.2) is 49.1 Å². The van der Waals surface area contributed by atoms with Gasteiger partial charge in [0.2, 0.25) is 5.91 Å². The van der Waals surface area contributed by atoms with Crippen molar-refractivity contribution in [2.75, 3.05) is 13.1 Å². The van der Waals surface area contributed by atoms with E-state index >= 15 is 0 Å². The minimum absolute atomic E-state index is 0.0632. The van der Waals surface area contributed by atoms with E-state index in [0.717, 1.165) is 48.7 Å². The van der Waals surface area contributed by atoms with Gasteiger partial charge in [-0.3, -0.25) is 14.3 Å². The number of carbonyl (C=O) groups is 1. The van der Waals surface area contributed by atoms with Crippen LogP contribution in [0.4, 0.5) is 4.39 Å². The predicted octanol–water partition coefficient (Wildman–Crippen LogP) is 3.31. The molecule has 1 fully saturated rings. The second kappa shape index (κ2) is 8.51. The van der Waals surface area contributed by atoms with Gasteiger partial charge in [0.1, 0.15) is 11.6 Å². The number of likely N-dealkylation sites (tertiary alicyclic amines) is 1. The smallest absolute Gasteiger partial charge is 0.227 e. The molecule has 150 valence electrons. The van der Waals surface area contributed by atoms with E-state index in [4.69, 9.17) is 4.98 Å². The minimum atomic E-state index is -0.290. The Morgan fingerprint density at radius 1 is 1.24 bits per heavy atom. The molecule has 0 unspecified atom stereocenters. The highest BCUT2D eigenvalue weighted by Gasteiger charge is 2.26. The number of halogens is 1.